The highest BCUT2D eigenvalue weighted by Crippen LogP contribution is 2.16. The van der Waals surface area contributed by atoms with Crippen LogP contribution in [0, 0.1) is 0 Å². The summed E-state index contributed by atoms with van der Waals surface area (Å²) in [5.74, 6) is 2.75. The average Bonchev–Trinajstić information content (AvgIpc) is 2.95. The molecule has 0 atom stereocenters. The molecule has 1 aliphatic heterocycles. The van der Waals surface area contributed by atoms with Gasteiger partial charge < -0.3 is 14.6 Å². The fourth-order valence-corrected chi connectivity index (χ4v) is 2.48. The molecule has 21 heavy (non-hydrogen) atoms. The van der Waals surface area contributed by atoms with Crippen LogP contribution in [0.2, 0.25) is 0 Å². The summed E-state index contributed by atoms with van der Waals surface area (Å²) in [5.41, 5.74) is 1.02. The van der Waals surface area contributed by atoms with Crippen LogP contribution in [0.15, 0.2) is 18.3 Å². The molecule has 0 aromatic carbocycles. The minimum Gasteiger partial charge on any atom is -0.484 e. The van der Waals surface area contributed by atoms with E-state index in [0.717, 1.165) is 49.1 Å². The molecule has 0 spiro atoms. The number of fused-ring (bicyclic) bond motifs is 1. The van der Waals surface area contributed by atoms with Crippen molar-refractivity contribution in [2.45, 2.75) is 45.9 Å². The second-order valence-corrected chi connectivity index (χ2v) is 5.20. The third kappa shape index (κ3) is 3.39. The standard InChI is InChI=1S/C15H21N5O/c1-2-16-9-12-6-7-13(10-17-12)21-11-15-19-18-14-5-3-4-8-20(14)15/h6-7,10,16H,2-5,8-9,11H2,1H3. The van der Waals surface area contributed by atoms with Crippen LogP contribution in [0.5, 0.6) is 5.75 Å². The van der Waals surface area contributed by atoms with E-state index in [1.807, 2.05) is 12.1 Å². The van der Waals surface area contributed by atoms with Crippen LogP contribution in [-0.2, 0) is 26.1 Å². The van der Waals surface area contributed by atoms with Crippen LogP contribution in [0.1, 0.15) is 37.1 Å². The van der Waals surface area contributed by atoms with Gasteiger partial charge in [0.2, 0.25) is 0 Å². The van der Waals surface area contributed by atoms with Crippen molar-refractivity contribution in [3.63, 3.8) is 0 Å². The highest BCUT2D eigenvalue weighted by atomic mass is 16.5. The van der Waals surface area contributed by atoms with Crippen molar-refractivity contribution in [3.8, 4) is 5.75 Å². The molecule has 0 fully saturated rings. The molecule has 2 aromatic rings. The van der Waals surface area contributed by atoms with Crippen molar-refractivity contribution < 1.29 is 4.74 Å². The lowest BCUT2D eigenvalue weighted by Crippen LogP contribution is -2.14. The highest BCUT2D eigenvalue weighted by molar-refractivity contribution is 5.20. The normalized spacial score (nSPS) is 14.0. The maximum atomic E-state index is 5.77. The second kappa shape index (κ2) is 6.67. The van der Waals surface area contributed by atoms with Crippen LogP contribution < -0.4 is 10.1 Å². The minimum atomic E-state index is 0.446. The van der Waals surface area contributed by atoms with Gasteiger partial charge in [0.05, 0.1) is 11.9 Å². The van der Waals surface area contributed by atoms with Gasteiger partial charge in [0.15, 0.2) is 5.82 Å². The summed E-state index contributed by atoms with van der Waals surface area (Å²) in [6.45, 7) is 5.26. The molecule has 0 unspecified atom stereocenters. The summed E-state index contributed by atoms with van der Waals surface area (Å²) in [7, 11) is 0. The molecule has 0 saturated heterocycles. The number of pyridine rings is 1. The van der Waals surface area contributed by atoms with E-state index < -0.39 is 0 Å². The number of aryl methyl sites for hydroxylation is 1. The molecular weight excluding hydrogens is 266 g/mol. The minimum absolute atomic E-state index is 0.446. The lowest BCUT2D eigenvalue weighted by atomic mass is 10.2. The number of hydrogen-bond acceptors (Lipinski definition) is 5. The zero-order valence-corrected chi connectivity index (χ0v) is 12.4. The predicted octanol–water partition coefficient (Wildman–Crippen LogP) is 1.70. The Labute approximate surface area is 124 Å². The molecule has 112 valence electrons. The first-order valence-electron chi connectivity index (χ1n) is 7.56. The fourth-order valence-electron chi connectivity index (χ4n) is 2.48. The molecule has 0 amide bonds. The number of hydrogen-bond donors (Lipinski definition) is 1. The molecule has 0 radical (unpaired) electrons. The zero-order chi connectivity index (χ0) is 14.5. The molecular formula is C15H21N5O. The van der Waals surface area contributed by atoms with E-state index in [9.17, 15) is 0 Å². The van der Waals surface area contributed by atoms with E-state index >= 15 is 0 Å². The highest BCUT2D eigenvalue weighted by Gasteiger charge is 2.15. The van der Waals surface area contributed by atoms with Crippen molar-refractivity contribution in [3.05, 3.63) is 35.7 Å². The molecule has 0 saturated carbocycles. The maximum Gasteiger partial charge on any atom is 0.171 e. The van der Waals surface area contributed by atoms with E-state index in [1.54, 1.807) is 6.20 Å². The monoisotopic (exact) mass is 287 g/mol. The Balaban J connectivity index is 1.58. The third-order valence-electron chi connectivity index (χ3n) is 3.66. The molecule has 6 nitrogen and oxygen atoms in total. The van der Waals surface area contributed by atoms with Gasteiger partial charge in [-0.15, -0.1) is 10.2 Å². The van der Waals surface area contributed by atoms with Crippen LogP contribution >= 0.6 is 0 Å². The van der Waals surface area contributed by atoms with E-state index in [0.29, 0.717) is 6.61 Å². The quantitative estimate of drug-likeness (QED) is 0.876. The molecule has 0 aliphatic carbocycles. The predicted molar refractivity (Wildman–Crippen MR) is 78.9 cm³/mol. The van der Waals surface area contributed by atoms with Crippen molar-refractivity contribution in [1.29, 1.82) is 0 Å². The number of aromatic nitrogens is 4. The van der Waals surface area contributed by atoms with Crippen LogP contribution in [0.4, 0.5) is 0 Å². The van der Waals surface area contributed by atoms with Crippen molar-refractivity contribution in [2.75, 3.05) is 6.54 Å². The molecule has 3 heterocycles. The van der Waals surface area contributed by atoms with E-state index in [-0.39, 0.29) is 0 Å². The van der Waals surface area contributed by atoms with Gasteiger partial charge in [-0.1, -0.05) is 6.92 Å². The summed E-state index contributed by atoms with van der Waals surface area (Å²) in [4.78, 5) is 4.37. The molecule has 6 heteroatoms. The Hall–Kier alpha value is -1.95. The van der Waals surface area contributed by atoms with Gasteiger partial charge in [0.25, 0.3) is 0 Å². The lowest BCUT2D eigenvalue weighted by Gasteiger charge is -2.14. The van der Waals surface area contributed by atoms with Crippen molar-refractivity contribution >= 4 is 0 Å². The Kier molecular flexibility index (Phi) is 4.45. The number of nitrogens with one attached hydrogen (secondary N) is 1. The Morgan fingerprint density at radius 3 is 3.05 bits per heavy atom. The van der Waals surface area contributed by atoms with Crippen LogP contribution in [0.25, 0.3) is 0 Å². The van der Waals surface area contributed by atoms with Crippen molar-refractivity contribution in [1.82, 2.24) is 25.1 Å². The first-order chi connectivity index (χ1) is 10.4. The van der Waals surface area contributed by atoms with Gasteiger partial charge in [-0.2, -0.15) is 0 Å². The topological polar surface area (TPSA) is 64.9 Å². The molecule has 2 aromatic heterocycles. The summed E-state index contributed by atoms with van der Waals surface area (Å²) < 4.78 is 7.95. The largest absolute Gasteiger partial charge is 0.484 e. The third-order valence-corrected chi connectivity index (χ3v) is 3.66. The maximum absolute atomic E-state index is 5.77. The summed E-state index contributed by atoms with van der Waals surface area (Å²) in [5, 5.41) is 11.7. The first-order valence-corrected chi connectivity index (χ1v) is 7.56. The van der Waals surface area contributed by atoms with Gasteiger partial charge in [-0.25, -0.2) is 0 Å². The molecule has 3 rings (SSSR count). The van der Waals surface area contributed by atoms with Gasteiger partial charge in [0, 0.05) is 19.5 Å². The number of nitrogens with zero attached hydrogens (tertiary/aromatic N) is 4. The Morgan fingerprint density at radius 1 is 1.29 bits per heavy atom. The van der Waals surface area contributed by atoms with E-state index in [4.69, 9.17) is 4.74 Å². The smallest absolute Gasteiger partial charge is 0.171 e. The zero-order valence-electron chi connectivity index (χ0n) is 12.4. The summed E-state index contributed by atoms with van der Waals surface area (Å²) >= 11 is 0. The van der Waals surface area contributed by atoms with Gasteiger partial charge in [-0.05, 0) is 31.5 Å². The first kappa shape index (κ1) is 14.0. The number of ether oxygens (including phenoxy) is 1. The Morgan fingerprint density at radius 2 is 2.24 bits per heavy atom. The fraction of sp³-hybridized carbons (Fsp3) is 0.533. The molecule has 0 bridgehead atoms. The average molecular weight is 287 g/mol. The van der Waals surface area contributed by atoms with Gasteiger partial charge in [0.1, 0.15) is 18.2 Å². The summed E-state index contributed by atoms with van der Waals surface area (Å²) in [6.07, 6.45) is 5.18. The van der Waals surface area contributed by atoms with E-state index in [1.165, 1.54) is 12.8 Å². The van der Waals surface area contributed by atoms with Gasteiger partial charge >= 0.3 is 0 Å². The van der Waals surface area contributed by atoms with Crippen molar-refractivity contribution in [2.24, 2.45) is 0 Å². The SMILES string of the molecule is CCNCc1ccc(OCc2nnc3n2CCCC3)cn1. The lowest BCUT2D eigenvalue weighted by molar-refractivity contribution is 0.285. The van der Waals surface area contributed by atoms with Crippen LogP contribution in [0.3, 0.4) is 0 Å². The van der Waals surface area contributed by atoms with Crippen LogP contribution in [-0.4, -0.2) is 26.3 Å². The van der Waals surface area contributed by atoms with E-state index in [2.05, 4.69) is 32.0 Å². The summed E-state index contributed by atoms with van der Waals surface area (Å²) in [6, 6.07) is 3.93. The molecule has 1 aliphatic rings. The van der Waals surface area contributed by atoms with Gasteiger partial charge in [-0.3, -0.25) is 4.98 Å². The number of rotatable bonds is 6. The Bertz CT molecular complexity index is 578. The second-order valence-electron chi connectivity index (χ2n) is 5.20. The molecule has 1 N–H and O–H groups in total.